The molecule has 4 unspecified atom stereocenters. The van der Waals surface area contributed by atoms with Crippen LogP contribution in [0.15, 0.2) is 12.2 Å². The van der Waals surface area contributed by atoms with Crippen LogP contribution in [0.25, 0.3) is 0 Å². The van der Waals surface area contributed by atoms with Gasteiger partial charge >= 0.3 is 0 Å². The molecule has 4 heteroatoms. The average Bonchev–Trinajstić information content (AvgIpc) is 2.19. The van der Waals surface area contributed by atoms with E-state index in [1.807, 2.05) is 12.2 Å². The third kappa shape index (κ3) is 1.40. The van der Waals surface area contributed by atoms with Gasteiger partial charge < -0.3 is 15.4 Å². The zero-order valence-corrected chi connectivity index (χ0v) is 8.80. The summed E-state index contributed by atoms with van der Waals surface area (Å²) in [6.07, 6.45) is 4.98. The molecule has 82 valence electrons. The molecule has 1 saturated carbocycles. The Hall–Kier alpha value is -1.16. The number of nitrogens with zero attached hydrogens (tertiary/aromatic N) is 1. The maximum absolute atomic E-state index is 12.0. The van der Waals surface area contributed by atoms with Crippen molar-refractivity contribution in [3.63, 3.8) is 0 Å². The molecular weight excluding hydrogens is 192 g/mol. The van der Waals surface area contributed by atoms with E-state index in [2.05, 4.69) is 0 Å². The molecule has 0 aliphatic heterocycles. The summed E-state index contributed by atoms with van der Waals surface area (Å²) in [5, 5.41) is 0. The molecule has 2 N–H and O–H groups in total. The Labute approximate surface area is 89.1 Å². The zero-order valence-electron chi connectivity index (χ0n) is 8.80. The number of nitrogens with two attached hydrogens (primary N) is 1. The number of amides is 1. The van der Waals surface area contributed by atoms with E-state index in [4.69, 9.17) is 5.73 Å². The summed E-state index contributed by atoms with van der Waals surface area (Å²) >= 11 is 0. The summed E-state index contributed by atoms with van der Waals surface area (Å²) in [4.78, 5) is 24.4. The number of hydrogen-bond donors (Lipinski definition) is 1. The largest absolute Gasteiger partial charge is 0.344 e. The van der Waals surface area contributed by atoms with E-state index >= 15 is 0 Å². The van der Waals surface area contributed by atoms with Crippen molar-refractivity contribution in [2.24, 2.45) is 29.4 Å². The molecule has 0 saturated heterocycles. The minimum atomic E-state index is -0.131. The first-order chi connectivity index (χ1) is 7.20. The summed E-state index contributed by atoms with van der Waals surface area (Å²) in [5.74, 6) is 0.445. The number of hydrogen-bond acceptors (Lipinski definition) is 3. The Morgan fingerprint density at radius 2 is 2.13 bits per heavy atom. The molecule has 0 aromatic rings. The fraction of sp³-hybridized carbons (Fsp3) is 0.636. The summed E-state index contributed by atoms with van der Waals surface area (Å²) in [6.45, 7) is 1.02. The van der Waals surface area contributed by atoms with Crippen molar-refractivity contribution < 1.29 is 9.59 Å². The number of carbonyl (C=O) groups is 2. The second-order valence-corrected chi connectivity index (χ2v) is 4.33. The van der Waals surface area contributed by atoms with E-state index in [0.29, 0.717) is 24.9 Å². The van der Waals surface area contributed by atoms with Gasteiger partial charge in [-0.1, -0.05) is 12.2 Å². The maximum Gasteiger partial charge on any atom is 0.226 e. The van der Waals surface area contributed by atoms with Gasteiger partial charge in [0.1, 0.15) is 6.29 Å². The van der Waals surface area contributed by atoms with Crippen LogP contribution in [0.2, 0.25) is 0 Å². The van der Waals surface area contributed by atoms with Gasteiger partial charge in [-0.2, -0.15) is 0 Å². The molecule has 0 spiro atoms. The summed E-state index contributed by atoms with van der Waals surface area (Å²) in [7, 11) is 1.74. The lowest BCUT2D eigenvalue weighted by molar-refractivity contribution is -0.150. The highest BCUT2D eigenvalue weighted by Gasteiger charge is 2.55. The minimum absolute atomic E-state index is 0.0585. The quantitative estimate of drug-likeness (QED) is 0.507. The number of allylic oxidation sites excluding steroid dienone is 2. The van der Waals surface area contributed by atoms with Crippen LogP contribution in [-0.4, -0.2) is 37.2 Å². The van der Waals surface area contributed by atoms with Crippen molar-refractivity contribution in [2.75, 3.05) is 20.1 Å². The summed E-state index contributed by atoms with van der Waals surface area (Å²) in [6, 6.07) is 0. The van der Waals surface area contributed by atoms with Crippen molar-refractivity contribution >= 4 is 12.2 Å². The fourth-order valence-electron chi connectivity index (χ4n) is 2.53. The van der Waals surface area contributed by atoms with Crippen LogP contribution >= 0.6 is 0 Å². The zero-order chi connectivity index (χ0) is 11.0. The van der Waals surface area contributed by atoms with Gasteiger partial charge in [-0.05, 0) is 11.8 Å². The molecule has 0 heterocycles. The molecule has 4 nitrogen and oxygen atoms in total. The summed E-state index contributed by atoms with van der Waals surface area (Å²) < 4.78 is 0. The highest BCUT2D eigenvalue weighted by Crippen LogP contribution is 2.52. The predicted octanol–water partition coefficient (Wildman–Crippen LogP) is -0.349. The Kier molecular flexibility index (Phi) is 2.61. The van der Waals surface area contributed by atoms with Crippen molar-refractivity contribution in [2.45, 2.75) is 0 Å². The van der Waals surface area contributed by atoms with Gasteiger partial charge in [0, 0.05) is 26.1 Å². The molecule has 0 bridgehead atoms. The van der Waals surface area contributed by atoms with Crippen LogP contribution in [0.3, 0.4) is 0 Å². The highest BCUT2D eigenvalue weighted by molar-refractivity contribution is 5.85. The normalized spacial score (nSPS) is 36.1. The lowest BCUT2D eigenvalue weighted by atomic mass is 9.51. The molecule has 1 amide bonds. The third-order valence-corrected chi connectivity index (χ3v) is 3.56. The van der Waals surface area contributed by atoms with E-state index < -0.39 is 0 Å². The molecule has 0 aromatic heterocycles. The van der Waals surface area contributed by atoms with Gasteiger partial charge in [-0.3, -0.25) is 4.79 Å². The van der Waals surface area contributed by atoms with Crippen LogP contribution in [0.5, 0.6) is 0 Å². The Morgan fingerprint density at radius 3 is 2.60 bits per heavy atom. The fourth-order valence-corrected chi connectivity index (χ4v) is 2.53. The summed E-state index contributed by atoms with van der Waals surface area (Å²) in [5.41, 5.74) is 5.39. The number of carbonyl (C=O) groups excluding carboxylic acids is 2. The number of fused-ring (bicyclic) bond motifs is 1. The lowest BCUT2D eigenvalue weighted by Gasteiger charge is -2.52. The Morgan fingerprint density at radius 1 is 1.47 bits per heavy atom. The average molecular weight is 208 g/mol. The van der Waals surface area contributed by atoms with Crippen molar-refractivity contribution in [3.05, 3.63) is 12.2 Å². The highest BCUT2D eigenvalue weighted by atomic mass is 16.2. The number of likely N-dealkylation sites (N-methyl/N-ethyl adjacent to an activating group) is 1. The van der Waals surface area contributed by atoms with Crippen LogP contribution in [0, 0.1) is 23.7 Å². The van der Waals surface area contributed by atoms with Crippen LogP contribution in [-0.2, 0) is 9.59 Å². The second kappa shape index (κ2) is 3.77. The van der Waals surface area contributed by atoms with Crippen molar-refractivity contribution in [1.82, 2.24) is 4.90 Å². The van der Waals surface area contributed by atoms with Crippen LogP contribution in [0.1, 0.15) is 0 Å². The number of aldehydes is 1. The van der Waals surface area contributed by atoms with Gasteiger partial charge in [-0.25, -0.2) is 0 Å². The molecule has 0 aromatic carbocycles. The first kappa shape index (κ1) is 10.4. The van der Waals surface area contributed by atoms with Gasteiger partial charge in [0.15, 0.2) is 0 Å². The van der Waals surface area contributed by atoms with Gasteiger partial charge in [0.05, 0.1) is 5.92 Å². The SMILES string of the molecule is CN(CCN)C(=O)C1C(C=O)C2C=CC21. The smallest absolute Gasteiger partial charge is 0.226 e. The van der Waals surface area contributed by atoms with E-state index in [1.54, 1.807) is 11.9 Å². The Bertz CT molecular complexity index is 314. The van der Waals surface area contributed by atoms with Gasteiger partial charge in [0.2, 0.25) is 5.91 Å². The third-order valence-electron chi connectivity index (χ3n) is 3.56. The second-order valence-electron chi connectivity index (χ2n) is 4.33. The monoisotopic (exact) mass is 208 g/mol. The van der Waals surface area contributed by atoms with E-state index in [-0.39, 0.29) is 17.7 Å². The predicted molar refractivity (Wildman–Crippen MR) is 55.9 cm³/mol. The molecule has 2 aliphatic rings. The first-order valence-corrected chi connectivity index (χ1v) is 5.29. The topological polar surface area (TPSA) is 63.4 Å². The van der Waals surface area contributed by atoms with E-state index in [1.165, 1.54) is 0 Å². The number of rotatable bonds is 4. The first-order valence-electron chi connectivity index (χ1n) is 5.29. The Balaban J connectivity index is 2.01. The molecular formula is C11H16N2O2. The van der Waals surface area contributed by atoms with Gasteiger partial charge in [0.25, 0.3) is 0 Å². The standard InChI is InChI=1S/C11H16N2O2/c1-13(5-4-12)11(15)10-8-3-2-7(8)9(10)6-14/h2-3,6-10H,4-5,12H2,1H3. The molecule has 2 rings (SSSR count). The van der Waals surface area contributed by atoms with Crippen LogP contribution in [0.4, 0.5) is 0 Å². The molecule has 4 atom stereocenters. The van der Waals surface area contributed by atoms with Crippen molar-refractivity contribution in [3.8, 4) is 0 Å². The minimum Gasteiger partial charge on any atom is -0.344 e. The van der Waals surface area contributed by atoms with Gasteiger partial charge in [-0.15, -0.1) is 0 Å². The molecule has 1 fully saturated rings. The van der Waals surface area contributed by atoms with Crippen LogP contribution < -0.4 is 5.73 Å². The molecule has 0 radical (unpaired) electrons. The van der Waals surface area contributed by atoms with E-state index in [9.17, 15) is 9.59 Å². The van der Waals surface area contributed by atoms with Crippen molar-refractivity contribution in [1.29, 1.82) is 0 Å². The molecule has 2 aliphatic carbocycles. The lowest BCUT2D eigenvalue weighted by Crippen LogP contribution is -2.57. The molecule has 15 heavy (non-hydrogen) atoms. The van der Waals surface area contributed by atoms with E-state index in [0.717, 1.165) is 6.29 Å². The maximum atomic E-state index is 12.0.